The highest BCUT2D eigenvalue weighted by Crippen LogP contribution is 2.17. The Balaban J connectivity index is 0.000000194. The van der Waals surface area contributed by atoms with Gasteiger partial charge in [-0.1, -0.05) is 30.0 Å². The number of alkyl halides is 1. The van der Waals surface area contributed by atoms with E-state index in [1.807, 2.05) is 54.6 Å². The van der Waals surface area contributed by atoms with Crippen molar-refractivity contribution >= 4 is 35.3 Å². The topological polar surface area (TPSA) is 144 Å². The minimum Gasteiger partial charge on any atom is -0.463 e. The minimum atomic E-state index is -1.52. The maximum atomic E-state index is 8.98. The van der Waals surface area contributed by atoms with Crippen molar-refractivity contribution in [2.24, 2.45) is 14.1 Å². The molecule has 0 amide bonds. The third-order valence-electron chi connectivity index (χ3n) is 4.73. The largest absolute Gasteiger partial charge is 0.507 e. The van der Waals surface area contributed by atoms with Crippen LogP contribution >= 0.6 is 22.6 Å². The number of aromatic nitrogens is 6. The van der Waals surface area contributed by atoms with Crippen LogP contribution in [0.3, 0.4) is 0 Å². The number of nitrogens with one attached hydrogen (secondary N) is 1. The summed E-state index contributed by atoms with van der Waals surface area (Å²) in [4.78, 5) is 1.97. The second-order valence-electron chi connectivity index (χ2n) is 7.23. The molecule has 0 aliphatic rings. The van der Waals surface area contributed by atoms with Crippen LogP contribution in [0, 0.1) is 0 Å². The predicted octanol–water partition coefficient (Wildman–Crippen LogP) is 4.40. The number of hydrogen-bond acceptors (Lipinski definition) is 8. The molecule has 13 heteroatoms. The summed E-state index contributed by atoms with van der Waals surface area (Å²) in [6, 6.07) is 16.3. The van der Waals surface area contributed by atoms with E-state index in [0.29, 0.717) is 17.0 Å². The van der Waals surface area contributed by atoms with Crippen LogP contribution in [0.15, 0.2) is 99.0 Å². The zero-order chi connectivity index (χ0) is 26.6. The fourth-order valence-electron chi connectivity index (χ4n) is 3.06. The molecule has 6 aromatic heterocycles. The number of aromatic amines is 1. The number of nitrogens with zero attached hydrogens (tertiary/aromatic N) is 5. The smallest absolute Gasteiger partial charge is 0.463 e. The van der Waals surface area contributed by atoms with Crippen molar-refractivity contribution in [3.8, 4) is 34.4 Å². The van der Waals surface area contributed by atoms with Gasteiger partial charge in [0, 0.05) is 26.5 Å². The molecule has 0 radical (unpaired) electrons. The van der Waals surface area contributed by atoms with E-state index in [1.165, 1.54) is 4.68 Å². The molecule has 38 heavy (non-hydrogen) atoms. The van der Waals surface area contributed by atoms with Crippen molar-refractivity contribution < 1.29 is 23.3 Å². The summed E-state index contributed by atoms with van der Waals surface area (Å²) in [5.74, 6) is 2.23. The summed E-state index contributed by atoms with van der Waals surface area (Å²) < 4.78 is 18.5. The van der Waals surface area contributed by atoms with Gasteiger partial charge in [0.15, 0.2) is 17.3 Å². The van der Waals surface area contributed by atoms with Crippen molar-refractivity contribution in [3.63, 3.8) is 0 Å². The Morgan fingerprint density at radius 1 is 0.816 bits per heavy atom. The molecule has 0 aromatic carbocycles. The molecule has 0 unspecified atom stereocenters. The molecule has 200 valence electrons. The first kappa shape index (κ1) is 30.4. The molecule has 6 rings (SSSR count). The maximum absolute atomic E-state index is 8.98. The monoisotopic (exact) mass is 632 g/mol. The second kappa shape index (κ2) is 15.4. The predicted molar refractivity (Wildman–Crippen MR) is 155 cm³/mol. The number of furan rings is 3. The van der Waals surface area contributed by atoms with Crippen LogP contribution in [-0.2, 0) is 14.1 Å². The molecule has 0 atom stereocenters. The number of aryl methyl sites for hydroxylation is 2. The van der Waals surface area contributed by atoms with Crippen molar-refractivity contribution in [1.82, 2.24) is 29.8 Å². The Kier molecular flexibility index (Phi) is 12.4. The van der Waals surface area contributed by atoms with E-state index in [2.05, 4.69) is 43.0 Å². The zero-order valence-electron chi connectivity index (χ0n) is 20.4. The Morgan fingerprint density at radius 3 is 1.82 bits per heavy atom. The summed E-state index contributed by atoms with van der Waals surface area (Å²) in [5, 5.41) is 32.8. The van der Waals surface area contributed by atoms with Crippen LogP contribution in [0.4, 0.5) is 0 Å². The zero-order valence-corrected chi connectivity index (χ0v) is 22.6. The molecular weight excluding hydrogens is 602 g/mol. The molecule has 11 nitrogen and oxygen atoms in total. The molecule has 0 fully saturated rings. The van der Waals surface area contributed by atoms with E-state index in [1.54, 1.807) is 54.9 Å². The lowest BCUT2D eigenvalue weighted by atomic mass is 9.86. The van der Waals surface area contributed by atoms with E-state index < -0.39 is 7.12 Å². The average molecular weight is 632 g/mol. The maximum Gasteiger partial charge on any atom is 0.507 e. The van der Waals surface area contributed by atoms with E-state index >= 15 is 0 Å². The average Bonchev–Trinajstić information content (AvgIpc) is 3.75. The van der Waals surface area contributed by atoms with E-state index in [9.17, 15) is 0 Å². The van der Waals surface area contributed by atoms with Crippen LogP contribution in [0.25, 0.3) is 34.4 Å². The number of rotatable bonds is 4. The van der Waals surface area contributed by atoms with Crippen LogP contribution in [0.2, 0.25) is 0 Å². The number of hydrogen-bond donors (Lipinski definition) is 3. The summed E-state index contributed by atoms with van der Waals surface area (Å²) >= 11 is 2.15. The second-order valence-corrected chi connectivity index (χ2v) is 7.23. The lowest BCUT2D eigenvalue weighted by Gasteiger charge is -1.96. The Hall–Kier alpha value is -3.82. The quantitative estimate of drug-likeness (QED) is 0.148. The lowest BCUT2D eigenvalue weighted by Crippen LogP contribution is -2.35. The molecule has 0 bridgehead atoms. The third-order valence-corrected chi connectivity index (χ3v) is 4.73. The summed E-state index contributed by atoms with van der Waals surface area (Å²) in [5.41, 5.74) is 2.69. The van der Waals surface area contributed by atoms with Gasteiger partial charge >= 0.3 is 7.12 Å². The molecule has 0 saturated carbocycles. The van der Waals surface area contributed by atoms with Gasteiger partial charge in [0.2, 0.25) is 0 Å². The van der Waals surface area contributed by atoms with Crippen molar-refractivity contribution in [3.05, 3.63) is 85.8 Å². The third kappa shape index (κ3) is 8.36. The van der Waals surface area contributed by atoms with Gasteiger partial charge < -0.3 is 23.3 Å². The highest BCUT2D eigenvalue weighted by molar-refractivity contribution is 14.1. The van der Waals surface area contributed by atoms with E-state index in [0.717, 1.165) is 22.9 Å². The summed E-state index contributed by atoms with van der Waals surface area (Å²) in [7, 11) is 2.00. The van der Waals surface area contributed by atoms with Gasteiger partial charge in [-0.3, -0.25) is 14.5 Å². The molecule has 0 saturated heterocycles. The standard InChI is InChI=1S/C8H9BN2O3.C8H8N2O.C7H6N2O.CH3I.CH4/c1-11-8(9(12)13)5-6(10-11)7-3-2-4-14-7;1-10-5-4-7(9-10)8-3-2-6-11-8;1-2-7(10-5-1)6-3-4-8-9-6;1-2;/h2-5,12-13H,1H3;2-6H,1H3;1-5H,(H,8,9);1H3;1H4. The molecule has 0 aliphatic heterocycles. The van der Waals surface area contributed by atoms with Gasteiger partial charge in [-0.05, 0) is 59.5 Å². The lowest BCUT2D eigenvalue weighted by molar-refractivity contribution is 0.421. The fourth-order valence-corrected chi connectivity index (χ4v) is 3.06. The molecule has 6 heterocycles. The van der Waals surface area contributed by atoms with Gasteiger partial charge in [-0.2, -0.15) is 15.3 Å². The van der Waals surface area contributed by atoms with Crippen molar-refractivity contribution in [2.45, 2.75) is 7.43 Å². The molecule has 6 aromatic rings. The first-order chi connectivity index (χ1) is 18.0. The van der Waals surface area contributed by atoms with Gasteiger partial charge in [0.1, 0.15) is 17.1 Å². The van der Waals surface area contributed by atoms with Crippen LogP contribution in [-0.4, -0.2) is 51.9 Å². The fraction of sp³-hybridized carbons (Fsp3) is 0.160. The Bertz CT molecular complexity index is 1360. The normalized spacial score (nSPS) is 9.63. The van der Waals surface area contributed by atoms with Crippen LogP contribution < -0.4 is 5.59 Å². The van der Waals surface area contributed by atoms with Crippen molar-refractivity contribution in [1.29, 1.82) is 0 Å². The minimum absolute atomic E-state index is 0. The molecule has 0 spiro atoms. The Morgan fingerprint density at radius 2 is 1.39 bits per heavy atom. The number of H-pyrrole nitrogens is 1. The first-order valence-electron chi connectivity index (χ1n) is 10.9. The van der Waals surface area contributed by atoms with E-state index in [4.69, 9.17) is 23.3 Å². The molecule has 3 N–H and O–H groups in total. The highest BCUT2D eigenvalue weighted by atomic mass is 127. The summed E-state index contributed by atoms with van der Waals surface area (Å²) in [6.45, 7) is 0. The highest BCUT2D eigenvalue weighted by Gasteiger charge is 2.18. The van der Waals surface area contributed by atoms with Crippen molar-refractivity contribution in [2.75, 3.05) is 4.93 Å². The number of halogens is 1. The summed E-state index contributed by atoms with van der Waals surface area (Å²) in [6.07, 6.45) is 8.40. The Labute approximate surface area is 234 Å². The molecule has 0 aliphatic carbocycles. The van der Waals surface area contributed by atoms with Gasteiger partial charge in [0.05, 0.1) is 24.4 Å². The van der Waals surface area contributed by atoms with Crippen LogP contribution in [0.5, 0.6) is 0 Å². The van der Waals surface area contributed by atoms with E-state index in [-0.39, 0.29) is 7.43 Å². The van der Waals surface area contributed by atoms with Gasteiger partial charge in [-0.25, -0.2) is 0 Å². The van der Waals surface area contributed by atoms with Gasteiger partial charge in [-0.15, -0.1) is 0 Å². The van der Waals surface area contributed by atoms with Gasteiger partial charge in [0.25, 0.3) is 0 Å². The first-order valence-corrected chi connectivity index (χ1v) is 13.1. The molecular formula is C25H30BIN6O5. The van der Waals surface area contributed by atoms with Crippen LogP contribution in [0.1, 0.15) is 7.43 Å². The SMILES string of the molecule is C.CI.Cn1ccc(-c2ccco2)n1.Cn1nc(-c2ccco2)cc1B(O)O.c1coc(-c2ccn[nH]2)c1.